The number of hydrogen-bond acceptors (Lipinski definition) is 3. The van der Waals surface area contributed by atoms with E-state index < -0.39 is 34.6 Å². The molecule has 4 aromatic rings. The summed E-state index contributed by atoms with van der Waals surface area (Å²) in [5.74, 6) is -4.99. The number of nitrogen functional groups attached to an aromatic ring is 1. The zero-order chi connectivity index (χ0) is 21.6. The second kappa shape index (κ2) is 7.14. The number of ketones is 1. The third-order valence-corrected chi connectivity index (χ3v) is 4.66. The van der Waals surface area contributed by atoms with Gasteiger partial charge in [0.2, 0.25) is 5.78 Å². The molecule has 0 radical (unpaired) electrons. The Hall–Kier alpha value is -3.94. The summed E-state index contributed by atoms with van der Waals surface area (Å²) in [5, 5.41) is 0. The van der Waals surface area contributed by atoms with Crippen LogP contribution in [0, 0.1) is 23.3 Å². The number of carbonyl (C=O) groups excluding carboxylic acids is 1. The third-order valence-electron chi connectivity index (χ3n) is 4.66. The zero-order valence-corrected chi connectivity index (χ0v) is 15.3. The summed E-state index contributed by atoms with van der Waals surface area (Å²) in [6, 6.07) is 9.37. The van der Waals surface area contributed by atoms with E-state index in [1.54, 1.807) is 0 Å². The summed E-state index contributed by atoms with van der Waals surface area (Å²) in [6.07, 6.45) is 1.33. The van der Waals surface area contributed by atoms with E-state index in [2.05, 4.69) is 11.6 Å². The number of rotatable bonds is 4. The molecule has 2 aromatic carbocycles. The van der Waals surface area contributed by atoms with Crippen LogP contribution in [0.4, 0.5) is 23.4 Å². The molecule has 0 fully saturated rings. The highest BCUT2D eigenvalue weighted by molar-refractivity contribution is 6.11. The molecule has 0 unspecified atom stereocenters. The molecule has 2 N–H and O–H groups in total. The van der Waals surface area contributed by atoms with Crippen LogP contribution in [0.25, 0.3) is 11.2 Å². The highest BCUT2D eigenvalue weighted by Gasteiger charge is 2.25. The first-order valence-electron chi connectivity index (χ1n) is 8.69. The van der Waals surface area contributed by atoms with E-state index in [0.717, 1.165) is 30.3 Å². The van der Waals surface area contributed by atoms with Gasteiger partial charge in [-0.3, -0.25) is 9.20 Å². The summed E-state index contributed by atoms with van der Waals surface area (Å²) in [4.78, 5) is 16.9. The Balaban J connectivity index is 1.89. The minimum Gasteiger partial charge on any atom is -0.382 e. The van der Waals surface area contributed by atoms with Crippen molar-refractivity contribution in [2.45, 2.75) is 0 Å². The van der Waals surface area contributed by atoms with Crippen molar-refractivity contribution in [2.24, 2.45) is 0 Å². The Morgan fingerprint density at radius 1 is 0.867 bits per heavy atom. The van der Waals surface area contributed by atoms with Crippen LogP contribution in [0.15, 0.2) is 61.3 Å². The lowest BCUT2D eigenvalue weighted by Crippen LogP contribution is -2.12. The maximum Gasteiger partial charge on any atom is 0.219 e. The van der Waals surface area contributed by atoms with E-state index in [0.29, 0.717) is 0 Å². The van der Waals surface area contributed by atoms with Crippen LogP contribution in [-0.2, 0) is 0 Å². The standard InChI is InChI=1S/C22H13F4N3O/c1-11(18-13(23)4-2-5-14(18)24)12-8-9-17-28-22(27)20(29(17)10-12)21(30)19-15(25)6-3-7-16(19)26/h2-10H,1,27H2. The van der Waals surface area contributed by atoms with Crippen LogP contribution in [0.2, 0.25) is 0 Å². The molecule has 0 aliphatic carbocycles. The smallest absolute Gasteiger partial charge is 0.219 e. The number of pyridine rings is 1. The van der Waals surface area contributed by atoms with Gasteiger partial charge in [0.05, 0.1) is 11.1 Å². The van der Waals surface area contributed by atoms with Gasteiger partial charge in [-0.1, -0.05) is 18.7 Å². The molecule has 0 saturated carbocycles. The molecule has 2 heterocycles. The van der Waals surface area contributed by atoms with E-state index in [-0.39, 0.29) is 33.9 Å². The van der Waals surface area contributed by atoms with E-state index >= 15 is 0 Å². The topological polar surface area (TPSA) is 60.4 Å². The first-order chi connectivity index (χ1) is 14.3. The Kier molecular flexibility index (Phi) is 4.62. The number of benzene rings is 2. The van der Waals surface area contributed by atoms with Gasteiger partial charge >= 0.3 is 0 Å². The molecule has 2 aromatic heterocycles. The predicted molar refractivity (Wildman–Crippen MR) is 104 cm³/mol. The Morgan fingerprint density at radius 3 is 1.97 bits per heavy atom. The lowest BCUT2D eigenvalue weighted by Gasteiger charge is -2.10. The maximum atomic E-state index is 14.1. The molecule has 0 spiro atoms. The quantitative estimate of drug-likeness (QED) is 0.389. The first kappa shape index (κ1) is 19.4. The number of anilines is 1. The monoisotopic (exact) mass is 411 g/mol. The largest absolute Gasteiger partial charge is 0.382 e. The molecule has 0 amide bonds. The number of aromatic nitrogens is 2. The van der Waals surface area contributed by atoms with Crippen LogP contribution in [0.1, 0.15) is 27.2 Å². The zero-order valence-electron chi connectivity index (χ0n) is 15.3. The van der Waals surface area contributed by atoms with Crippen LogP contribution >= 0.6 is 0 Å². The number of nitrogens with two attached hydrogens (primary N) is 1. The van der Waals surface area contributed by atoms with Crippen molar-refractivity contribution < 1.29 is 22.4 Å². The number of imidazole rings is 1. The maximum absolute atomic E-state index is 14.1. The van der Waals surface area contributed by atoms with Gasteiger partial charge in [0, 0.05) is 6.20 Å². The fourth-order valence-corrected chi connectivity index (χ4v) is 3.23. The molecule has 0 aliphatic rings. The summed E-state index contributed by atoms with van der Waals surface area (Å²) >= 11 is 0. The number of fused-ring (bicyclic) bond motifs is 1. The van der Waals surface area contributed by atoms with E-state index in [9.17, 15) is 22.4 Å². The lowest BCUT2D eigenvalue weighted by atomic mass is 10.00. The van der Waals surface area contributed by atoms with Crippen LogP contribution in [0.3, 0.4) is 0 Å². The third kappa shape index (κ3) is 3.02. The molecule has 0 aliphatic heterocycles. The Bertz CT molecular complexity index is 1300. The molecule has 0 atom stereocenters. The lowest BCUT2D eigenvalue weighted by molar-refractivity contribution is 0.102. The molecule has 0 bridgehead atoms. The highest BCUT2D eigenvalue weighted by Crippen LogP contribution is 2.29. The van der Waals surface area contributed by atoms with E-state index in [4.69, 9.17) is 5.73 Å². The second-order valence-corrected chi connectivity index (χ2v) is 6.49. The summed E-state index contributed by atoms with van der Waals surface area (Å²) < 4.78 is 57.7. The highest BCUT2D eigenvalue weighted by atomic mass is 19.1. The average Bonchev–Trinajstić information content (AvgIpc) is 3.02. The van der Waals surface area contributed by atoms with Gasteiger partial charge in [-0.15, -0.1) is 0 Å². The van der Waals surface area contributed by atoms with Crippen molar-refractivity contribution in [3.05, 3.63) is 107 Å². The fourth-order valence-electron chi connectivity index (χ4n) is 3.23. The number of halogens is 4. The molecule has 4 rings (SSSR count). The molecular weight excluding hydrogens is 398 g/mol. The summed E-state index contributed by atoms with van der Waals surface area (Å²) in [7, 11) is 0. The van der Waals surface area contributed by atoms with Crippen molar-refractivity contribution in [3.63, 3.8) is 0 Å². The average molecular weight is 411 g/mol. The van der Waals surface area contributed by atoms with E-state index in [1.807, 2.05) is 0 Å². The minimum atomic E-state index is -1.05. The fraction of sp³-hybridized carbons (Fsp3) is 0. The van der Waals surface area contributed by atoms with Crippen molar-refractivity contribution in [3.8, 4) is 0 Å². The summed E-state index contributed by atoms with van der Waals surface area (Å²) in [5.41, 5.74) is 4.91. The van der Waals surface area contributed by atoms with Gasteiger partial charge in [-0.2, -0.15) is 0 Å². The molecule has 8 heteroatoms. The van der Waals surface area contributed by atoms with Crippen LogP contribution in [-0.4, -0.2) is 15.2 Å². The Morgan fingerprint density at radius 2 is 1.40 bits per heavy atom. The molecular formula is C22H13F4N3O. The normalized spacial score (nSPS) is 11.1. The van der Waals surface area contributed by atoms with Crippen LogP contribution in [0.5, 0.6) is 0 Å². The van der Waals surface area contributed by atoms with Crippen LogP contribution < -0.4 is 5.73 Å². The number of hydrogen-bond donors (Lipinski definition) is 1. The van der Waals surface area contributed by atoms with Gasteiger partial charge in [-0.05, 0) is 47.5 Å². The molecule has 4 nitrogen and oxygen atoms in total. The molecule has 30 heavy (non-hydrogen) atoms. The summed E-state index contributed by atoms with van der Waals surface area (Å²) in [6.45, 7) is 3.74. The van der Waals surface area contributed by atoms with Crippen molar-refractivity contribution in [1.82, 2.24) is 9.38 Å². The molecule has 150 valence electrons. The van der Waals surface area contributed by atoms with Gasteiger partial charge in [-0.25, -0.2) is 22.5 Å². The van der Waals surface area contributed by atoms with Gasteiger partial charge < -0.3 is 5.73 Å². The Labute approximate surface area is 167 Å². The minimum absolute atomic E-state index is 0.00948. The number of carbonyl (C=O) groups is 1. The number of nitrogens with zero attached hydrogens (tertiary/aromatic N) is 2. The van der Waals surface area contributed by atoms with Crippen molar-refractivity contribution in [1.29, 1.82) is 0 Å². The van der Waals surface area contributed by atoms with Gasteiger partial charge in [0.25, 0.3) is 0 Å². The predicted octanol–water partition coefficient (Wildman–Crippen LogP) is 4.77. The van der Waals surface area contributed by atoms with Crippen molar-refractivity contribution >= 4 is 22.8 Å². The van der Waals surface area contributed by atoms with Crippen molar-refractivity contribution in [2.75, 3.05) is 5.73 Å². The first-order valence-corrected chi connectivity index (χ1v) is 8.69. The SMILES string of the molecule is C=C(c1ccc2nc(N)c(C(=O)c3c(F)cccc3F)n2c1)c1c(F)cccc1F. The second-order valence-electron chi connectivity index (χ2n) is 6.49. The molecule has 0 saturated heterocycles. The van der Waals surface area contributed by atoms with Gasteiger partial charge in [0.15, 0.2) is 5.82 Å². The van der Waals surface area contributed by atoms with E-state index in [1.165, 1.54) is 28.8 Å². The van der Waals surface area contributed by atoms with Gasteiger partial charge in [0.1, 0.15) is 34.6 Å².